The molecular formula is C24H38O3S. The van der Waals surface area contributed by atoms with Crippen molar-refractivity contribution in [2.45, 2.75) is 110 Å². The minimum Gasteiger partial charge on any atom is -0.508 e. The topological polar surface area (TPSA) is 50.4 Å². The van der Waals surface area contributed by atoms with Crippen LogP contribution in [0.1, 0.15) is 108 Å². The second-order valence-corrected chi connectivity index (χ2v) is 9.08. The molecule has 0 bridgehead atoms. The van der Waals surface area contributed by atoms with Crippen LogP contribution in [0.15, 0.2) is 15.3 Å². The molecule has 2 rings (SSSR count). The molecule has 0 aliphatic rings. The molecule has 0 fully saturated rings. The number of hydrogen-bond acceptors (Lipinski definition) is 4. The monoisotopic (exact) mass is 406 g/mol. The summed E-state index contributed by atoms with van der Waals surface area (Å²) in [5.41, 5.74) is 2.39. The number of phenolic OH excluding ortho intramolecular Hbond substituents is 1. The van der Waals surface area contributed by atoms with Crippen molar-refractivity contribution in [3.05, 3.63) is 26.9 Å². The van der Waals surface area contributed by atoms with Crippen LogP contribution in [0.5, 0.6) is 5.75 Å². The lowest BCUT2D eigenvalue weighted by Gasteiger charge is -2.06. The first-order valence-electron chi connectivity index (χ1n) is 11.4. The van der Waals surface area contributed by atoms with Gasteiger partial charge in [-0.3, -0.25) is 0 Å². The van der Waals surface area contributed by atoms with E-state index in [0.29, 0.717) is 5.58 Å². The van der Waals surface area contributed by atoms with Crippen molar-refractivity contribution < 1.29 is 9.52 Å². The van der Waals surface area contributed by atoms with Gasteiger partial charge in [0.05, 0.1) is 4.70 Å². The molecule has 4 heteroatoms. The zero-order chi connectivity index (χ0) is 20.2. The fraction of sp³-hybridized carbons (Fsp3) is 0.708. The van der Waals surface area contributed by atoms with Gasteiger partial charge in [-0.25, -0.2) is 4.79 Å². The maximum absolute atomic E-state index is 11.6. The number of benzene rings is 1. The van der Waals surface area contributed by atoms with Crippen molar-refractivity contribution in [2.75, 3.05) is 0 Å². The zero-order valence-electron chi connectivity index (χ0n) is 17.9. The number of phenols is 1. The lowest BCUT2D eigenvalue weighted by Crippen LogP contribution is -1.90. The predicted octanol–water partition coefficient (Wildman–Crippen LogP) is 7.89. The van der Waals surface area contributed by atoms with Gasteiger partial charge in [0.15, 0.2) is 5.58 Å². The Kier molecular flexibility index (Phi) is 10.7. The Morgan fingerprint density at radius 2 is 1.36 bits per heavy atom. The molecule has 1 aromatic carbocycles. The standard InChI is InChI=1S/C24H38O3S/c1-3-4-5-6-7-8-9-10-11-12-13-14-15-16-17-20-18-21(25)19(2)23-22(20)27-24(26)28-23/h18,25H,3-17H2,1-2H3. The summed E-state index contributed by atoms with van der Waals surface area (Å²) in [7, 11) is 0. The van der Waals surface area contributed by atoms with Crippen LogP contribution in [-0.4, -0.2) is 5.11 Å². The van der Waals surface area contributed by atoms with Crippen molar-refractivity contribution >= 4 is 21.6 Å². The molecule has 0 radical (unpaired) electrons. The van der Waals surface area contributed by atoms with Crippen LogP contribution in [0.2, 0.25) is 0 Å². The molecule has 0 spiro atoms. The number of rotatable bonds is 15. The van der Waals surface area contributed by atoms with Crippen LogP contribution in [0.4, 0.5) is 0 Å². The normalized spacial score (nSPS) is 11.5. The molecule has 2 aromatic rings. The van der Waals surface area contributed by atoms with Crippen molar-refractivity contribution in [1.82, 2.24) is 0 Å². The number of fused-ring (bicyclic) bond motifs is 1. The third kappa shape index (κ3) is 7.62. The first-order chi connectivity index (χ1) is 13.6. The van der Waals surface area contributed by atoms with Crippen LogP contribution in [0.25, 0.3) is 10.3 Å². The molecule has 1 N–H and O–H groups in total. The number of aromatic hydroxyl groups is 1. The molecule has 0 saturated carbocycles. The molecule has 0 amide bonds. The van der Waals surface area contributed by atoms with Crippen LogP contribution < -0.4 is 4.94 Å². The third-order valence-corrected chi connectivity index (χ3v) is 6.65. The summed E-state index contributed by atoms with van der Waals surface area (Å²) < 4.78 is 6.15. The average molecular weight is 407 g/mol. The quantitative estimate of drug-likeness (QED) is 0.306. The highest BCUT2D eigenvalue weighted by atomic mass is 32.1. The van der Waals surface area contributed by atoms with Gasteiger partial charge in [0.25, 0.3) is 0 Å². The molecular weight excluding hydrogens is 368 g/mol. The second kappa shape index (κ2) is 13.0. The van der Waals surface area contributed by atoms with E-state index in [1.54, 1.807) is 6.07 Å². The second-order valence-electron chi connectivity index (χ2n) is 8.14. The Balaban J connectivity index is 1.53. The first kappa shape index (κ1) is 23.0. The molecule has 0 saturated heterocycles. The first-order valence-corrected chi connectivity index (χ1v) is 12.2. The highest BCUT2D eigenvalue weighted by molar-refractivity contribution is 7.16. The van der Waals surface area contributed by atoms with Crippen LogP contribution in [0.3, 0.4) is 0 Å². The maximum atomic E-state index is 11.6. The van der Waals surface area contributed by atoms with Crippen molar-refractivity contribution in [1.29, 1.82) is 0 Å². The molecule has 1 aromatic heterocycles. The van der Waals surface area contributed by atoms with Gasteiger partial charge in [-0.1, -0.05) is 102 Å². The average Bonchev–Trinajstić information content (AvgIpc) is 3.08. The van der Waals surface area contributed by atoms with E-state index < -0.39 is 0 Å². The molecule has 158 valence electrons. The van der Waals surface area contributed by atoms with E-state index in [4.69, 9.17) is 4.42 Å². The highest BCUT2D eigenvalue weighted by Gasteiger charge is 2.14. The zero-order valence-corrected chi connectivity index (χ0v) is 18.7. The number of hydrogen-bond donors (Lipinski definition) is 1. The van der Waals surface area contributed by atoms with Crippen molar-refractivity contribution in [3.8, 4) is 5.75 Å². The Bertz CT molecular complexity index is 744. The summed E-state index contributed by atoms with van der Waals surface area (Å²) >= 11 is 1.09. The van der Waals surface area contributed by atoms with Gasteiger partial charge in [-0.05, 0) is 25.8 Å². The number of aryl methyl sites for hydroxylation is 2. The lowest BCUT2D eigenvalue weighted by atomic mass is 10.0. The predicted molar refractivity (Wildman–Crippen MR) is 121 cm³/mol. The smallest absolute Gasteiger partial charge is 0.396 e. The molecule has 0 atom stereocenters. The van der Waals surface area contributed by atoms with Gasteiger partial charge in [-0.15, -0.1) is 0 Å². The Labute approximate surface area is 174 Å². The molecule has 0 unspecified atom stereocenters. The summed E-state index contributed by atoms with van der Waals surface area (Å²) in [6, 6.07) is 1.77. The summed E-state index contributed by atoms with van der Waals surface area (Å²) in [4.78, 5) is 11.3. The van der Waals surface area contributed by atoms with Crippen molar-refractivity contribution in [3.63, 3.8) is 0 Å². The van der Waals surface area contributed by atoms with Crippen LogP contribution in [-0.2, 0) is 6.42 Å². The van der Waals surface area contributed by atoms with Gasteiger partial charge in [0.2, 0.25) is 0 Å². The summed E-state index contributed by atoms with van der Waals surface area (Å²) in [5, 5.41) is 10.1. The molecule has 1 heterocycles. The Morgan fingerprint density at radius 3 is 1.89 bits per heavy atom. The maximum Gasteiger partial charge on any atom is 0.396 e. The molecule has 0 aliphatic carbocycles. The van der Waals surface area contributed by atoms with Gasteiger partial charge in [0, 0.05) is 11.1 Å². The van der Waals surface area contributed by atoms with Gasteiger partial charge < -0.3 is 9.52 Å². The van der Waals surface area contributed by atoms with E-state index in [9.17, 15) is 9.90 Å². The minimum absolute atomic E-state index is 0.268. The van der Waals surface area contributed by atoms with E-state index in [-0.39, 0.29) is 10.7 Å². The highest BCUT2D eigenvalue weighted by Crippen LogP contribution is 2.32. The van der Waals surface area contributed by atoms with Crippen LogP contribution in [0, 0.1) is 6.92 Å². The Morgan fingerprint density at radius 1 is 0.857 bits per heavy atom. The third-order valence-electron chi connectivity index (χ3n) is 5.70. The largest absolute Gasteiger partial charge is 0.508 e. The van der Waals surface area contributed by atoms with Gasteiger partial charge >= 0.3 is 4.94 Å². The van der Waals surface area contributed by atoms with E-state index in [0.717, 1.165) is 40.0 Å². The van der Waals surface area contributed by atoms with Gasteiger partial charge in [-0.2, -0.15) is 0 Å². The molecule has 0 aliphatic heterocycles. The van der Waals surface area contributed by atoms with Gasteiger partial charge in [0.1, 0.15) is 5.75 Å². The summed E-state index contributed by atoms with van der Waals surface area (Å²) in [5.74, 6) is 0.268. The summed E-state index contributed by atoms with van der Waals surface area (Å²) in [6.07, 6.45) is 19.7. The molecule has 28 heavy (non-hydrogen) atoms. The fourth-order valence-corrected chi connectivity index (χ4v) is 4.70. The van der Waals surface area contributed by atoms with E-state index in [1.165, 1.54) is 83.5 Å². The van der Waals surface area contributed by atoms with E-state index in [2.05, 4.69) is 6.92 Å². The van der Waals surface area contributed by atoms with Crippen LogP contribution >= 0.6 is 11.3 Å². The fourth-order valence-electron chi connectivity index (χ4n) is 3.89. The van der Waals surface area contributed by atoms with E-state index in [1.807, 2.05) is 6.92 Å². The lowest BCUT2D eigenvalue weighted by molar-refractivity contribution is 0.470. The summed E-state index contributed by atoms with van der Waals surface area (Å²) in [6.45, 7) is 4.11. The SMILES string of the molecule is CCCCCCCCCCCCCCCCc1cc(O)c(C)c2sc(=O)oc12. The van der Waals surface area contributed by atoms with E-state index >= 15 is 0 Å². The minimum atomic E-state index is -0.286. The van der Waals surface area contributed by atoms with Crippen molar-refractivity contribution in [2.24, 2.45) is 0 Å². The number of unbranched alkanes of at least 4 members (excludes halogenated alkanes) is 13. The molecule has 3 nitrogen and oxygen atoms in total. The Hall–Kier alpha value is -1.29.